The highest BCUT2D eigenvalue weighted by atomic mass is 19.1. The first-order valence-electron chi connectivity index (χ1n) is 6.34. The molecule has 20 heavy (non-hydrogen) atoms. The molecule has 2 atom stereocenters. The number of halogens is 1. The second kappa shape index (κ2) is 7.43. The maximum absolute atomic E-state index is 12.7. The highest BCUT2D eigenvalue weighted by Crippen LogP contribution is 2.06. The molecule has 5 heteroatoms. The van der Waals surface area contributed by atoms with Crippen molar-refractivity contribution in [3.63, 3.8) is 0 Å². The van der Waals surface area contributed by atoms with Gasteiger partial charge in [0.15, 0.2) is 0 Å². The summed E-state index contributed by atoms with van der Waals surface area (Å²) in [6.07, 6.45) is 3.51. The smallest absolute Gasteiger partial charge is 0.308 e. The first-order chi connectivity index (χ1) is 9.40. The normalized spacial score (nSPS) is 13.9. The van der Waals surface area contributed by atoms with E-state index in [0.29, 0.717) is 0 Å². The van der Waals surface area contributed by atoms with E-state index in [-0.39, 0.29) is 18.1 Å². The molecule has 108 valence electrons. The third-order valence-electron chi connectivity index (χ3n) is 3.01. The topological polar surface area (TPSA) is 66.4 Å². The van der Waals surface area contributed by atoms with Gasteiger partial charge in [-0.2, -0.15) is 0 Å². The van der Waals surface area contributed by atoms with Crippen molar-refractivity contribution in [2.45, 2.75) is 26.3 Å². The first-order valence-corrected chi connectivity index (χ1v) is 6.34. The number of amides is 1. The average molecular weight is 279 g/mol. The molecule has 0 saturated heterocycles. The van der Waals surface area contributed by atoms with Crippen LogP contribution in [0, 0.1) is 11.7 Å². The second-order valence-corrected chi connectivity index (χ2v) is 4.64. The van der Waals surface area contributed by atoms with E-state index in [1.165, 1.54) is 12.1 Å². The highest BCUT2D eigenvalue weighted by molar-refractivity contribution is 5.80. The molecular formula is C15H18FNO3. The van der Waals surface area contributed by atoms with Crippen LogP contribution in [0.3, 0.4) is 0 Å². The number of hydrogen-bond donors (Lipinski definition) is 2. The van der Waals surface area contributed by atoms with Gasteiger partial charge in [0.2, 0.25) is 5.91 Å². The molecule has 0 bridgehead atoms. The molecule has 0 aliphatic heterocycles. The Kier molecular flexibility index (Phi) is 5.90. The molecule has 0 aliphatic rings. The third-order valence-corrected chi connectivity index (χ3v) is 3.01. The van der Waals surface area contributed by atoms with E-state index in [9.17, 15) is 14.0 Å². The zero-order valence-electron chi connectivity index (χ0n) is 11.5. The van der Waals surface area contributed by atoms with E-state index >= 15 is 0 Å². The number of nitrogens with one attached hydrogen (secondary N) is 1. The number of aliphatic carboxylic acids is 1. The van der Waals surface area contributed by atoms with Crippen molar-refractivity contribution in [1.29, 1.82) is 0 Å². The Morgan fingerprint density at radius 1 is 1.30 bits per heavy atom. The van der Waals surface area contributed by atoms with Crippen molar-refractivity contribution in [3.05, 3.63) is 41.7 Å². The largest absolute Gasteiger partial charge is 0.481 e. The molecule has 1 rings (SSSR count). The summed E-state index contributed by atoms with van der Waals surface area (Å²) in [7, 11) is 0. The fourth-order valence-corrected chi connectivity index (χ4v) is 1.53. The van der Waals surface area contributed by atoms with Crippen LogP contribution in [0.4, 0.5) is 4.39 Å². The van der Waals surface area contributed by atoms with Crippen LogP contribution in [0.25, 0.3) is 6.08 Å². The average Bonchev–Trinajstić information content (AvgIpc) is 2.39. The molecule has 0 aromatic heterocycles. The Morgan fingerprint density at radius 3 is 2.45 bits per heavy atom. The Balaban J connectivity index is 2.43. The van der Waals surface area contributed by atoms with Gasteiger partial charge in [-0.1, -0.05) is 24.3 Å². The van der Waals surface area contributed by atoms with Gasteiger partial charge in [-0.05, 0) is 31.5 Å². The number of rotatable bonds is 6. The lowest BCUT2D eigenvalue weighted by atomic mass is 10.0. The Hall–Kier alpha value is -2.17. The molecule has 0 heterocycles. The van der Waals surface area contributed by atoms with Gasteiger partial charge in [0.05, 0.1) is 5.92 Å². The third kappa shape index (κ3) is 5.22. The summed E-state index contributed by atoms with van der Waals surface area (Å²) in [6, 6.07) is 5.48. The Bertz CT molecular complexity index is 496. The highest BCUT2D eigenvalue weighted by Gasteiger charge is 2.20. The van der Waals surface area contributed by atoms with Crippen LogP contribution in [0.5, 0.6) is 0 Å². The molecule has 2 N–H and O–H groups in total. The van der Waals surface area contributed by atoms with Gasteiger partial charge >= 0.3 is 5.97 Å². The molecule has 0 spiro atoms. The zero-order chi connectivity index (χ0) is 15.1. The first kappa shape index (κ1) is 15.9. The van der Waals surface area contributed by atoms with Gasteiger partial charge in [-0.3, -0.25) is 9.59 Å². The Morgan fingerprint density at radius 2 is 1.90 bits per heavy atom. The van der Waals surface area contributed by atoms with E-state index in [2.05, 4.69) is 5.32 Å². The molecule has 1 amide bonds. The summed E-state index contributed by atoms with van der Waals surface area (Å²) in [5.74, 6) is -2.14. The molecule has 1 aromatic rings. The van der Waals surface area contributed by atoms with Crippen molar-refractivity contribution >= 4 is 18.0 Å². The summed E-state index contributed by atoms with van der Waals surface area (Å²) in [5.41, 5.74) is 0.797. The monoisotopic (exact) mass is 279 g/mol. The fourth-order valence-electron chi connectivity index (χ4n) is 1.53. The Labute approximate surface area is 117 Å². The van der Waals surface area contributed by atoms with E-state index < -0.39 is 17.9 Å². The number of carboxylic acids is 1. The minimum atomic E-state index is -0.945. The van der Waals surface area contributed by atoms with Crippen molar-refractivity contribution in [2.75, 3.05) is 0 Å². The summed E-state index contributed by atoms with van der Waals surface area (Å²) in [4.78, 5) is 22.4. The van der Waals surface area contributed by atoms with Gasteiger partial charge in [0.1, 0.15) is 5.82 Å². The molecule has 0 fully saturated rings. The van der Waals surface area contributed by atoms with Crippen LogP contribution >= 0.6 is 0 Å². The van der Waals surface area contributed by atoms with Crippen molar-refractivity contribution < 1.29 is 19.1 Å². The molecule has 0 saturated carbocycles. The molecular weight excluding hydrogens is 261 g/mol. The minimum Gasteiger partial charge on any atom is -0.481 e. The van der Waals surface area contributed by atoms with Gasteiger partial charge in [0, 0.05) is 12.5 Å². The van der Waals surface area contributed by atoms with Crippen LogP contribution < -0.4 is 5.32 Å². The quantitative estimate of drug-likeness (QED) is 0.840. The SMILES string of the molecule is CC(NC(=O)C/C=C/c1ccc(F)cc1)C(C)C(=O)O. The van der Waals surface area contributed by atoms with Gasteiger partial charge < -0.3 is 10.4 Å². The fraction of sp³-hybridized carbons (Fsp3) is 0.333. The lowest BCUT2D eigenvalue weighted by Gasteiger charge is -2.17. The van der Waals surface area contributed by atoms with E-state index in [1.807, 2.05) is 0 Å². The van der Waals surface area contributed by atoms with Crippen LogP contribution in [0.1, 0.15) is 25.8 Å². The van der Waals surface area contributed by atoms with E-state index in [0.717, 1.165) is 5.56 Å². The number of carboxylic acid groups (broad SMARTS) is 1. The summed E-state index contributed by atoms with van der Waals surface area (Å²) >= 11 is 0. The zero-order valence-corrected chi connectivity index (χ0v) is 11.5. The van der Waals surface area contributed by atoms with Gasteiger partial charge in [-0.15, -0.1) is 0 Å². The van der Waals surface area contributed by atoms with Crippen molar-refractivity contribution in [3.8, 4) is 0 Å². The van der Waals surface area contributed by atoms with Crippen molar-refractivity contribution in [2.24, 2.45) is 5.92 Å². The van der Waals surface area contributed by atoms with E-state index in [1.54, 1.807) is 38.1 Å². The standard InChI is InChI=1S/C15H18FNO3/c1-10(15(19)20)11(2)17-14(18)5-3-4-12-6-8-13(16)9-7-12/h3-4,6-11H,5H2,1-2H3,(H,17,18)(H,19,20)/b4-3+. The van der Waals surface area contributed by atoms with Crippen LogP contribution in [-0.2, 0) is 9.59 Å². The molecule has 0 radical (unpaired) electrons. The minimum absolute atomic E-state index is 0.147. The van der Waals surface area contributed by atoms with E-state index in [4.69, 9.17) is 5.11 Å². The maximum atomic E-state index is 12.7. The summed E-state index contributed by atoms with van der Waals surface area (Å²) < 4.78 is 12.7. The van der Waals surface area contributed by atoms with Gasteiger partial charge in [-0.25, -0.2) is 4.39 Å². The van der Waals surface area contributed by atoms with Gasteiger partial charge in [0.25, 0.3) is 0 Å². The van der Waals surface area contributed by atoms with Crippen molar-refractivity contribution in [1.82, 2.24) is 5.32 Å². The van der Waals surface area contributed by atoms with Crippen LogP contribution in [0.15, 0.2) is 30.3 Å². The number of benzene rings is 1. The molecule has 2 unspecified atom stereocenters. The second-order valence-electron chi connectivity index (χ2n) is 4.64. The van der Waals surface area contributed by atoms with Crippen LogP contribution in [0.2, 0.25) is 0 Å². The number of hydrogen-bond acceptors (Lipinski definition) is 2. The maximum Gasteiger partial charge on any atom is 0.308 e. The predicted octanol–water partition coefficient (Wildman–Crippen LogP) is 2.45. The predicted molar refractivity (Wildman–Crippen MR) is 74.5 cm³/mol. The lowest BCUT2D eigenvalue weighted by molar-refractivity contribution is -0.142. The number of carbonyl (C=O) groups is 2. The number of carbonyl (C=O) groups excluding carboxylic acids is 1. The van der Waals surface area contributed by atoms with Crippen LogP contribution in [-0.4, -0.2) is 23.0 Å². The lowest BCUT2D eigenvalue weighted by Crippen LogP contribution is -2.39. The molecule has 0 aliphatic carbocycles. The summed E-state index contributed by atoms with van der Waals surface area (Å²) in [6.45, 7) is 3.20. The summed E-state index contributed by atoms with van der Waals surface area (Å²) in [5, 5.41) is 11.4. The molecule has 1 aromatic carbocycles. The molecule has 4 nitrogen and oxygen atoms in total.